The van der Waals surface area contributed by atoms with Crippen LogP contribution in [0, 0.1) is 5.92 Å². The fourth-order valence-corrected chi connectivity index (χ4v) is 2.65. The molecule has 1 aliphatic heterocycles. The first-order chi connectivity index (χ1) is 8.70. The van der Waals surface area contributed by atoms with Crippen molar-refractivity contribution in [3.8, 4) is 0 Å². The predicted octanol–water partition coefficient (Wildman–Crippen LogP) is 1.55. The zero-order chi connectivity index (χ0) is 13.0. The van der Waals surface area contributed by atoms with Crippen LogP contribution in [0.25, 0.3) is 0 Å². The Morgan fingerprint density at radius 3 is 2.94 bits per heavy atom. The summed E-state index contributed by atoms with van der Waals surface area (Å²) in [7, 11) is 0. The molecule has 0 radical (unpaired) electrons. The SMILES string of the molecule is CC[C@H](O)C1CCN(C(=O)Nc2nncs2)CC1. The van der Waals surface area contributed by atoms with Gasteiger partial charge in [0.05, 0.1) is 6.10 Å². The number of amides is 2. The van der Waals surface area contributed by atoms with Crippen LogP contribution in [0.15, 0.2) is 5.51 Å². The van der Waals surface area contributed by atoms with Crippen LogP contribution in [0.1, 0.15) is 26.2 Å². The Labute approximate surface area is 110 Å². The second-order valence-corrected chi connectivity index (χ2v) is 5.31. The number of hydrogen-bond acceptors (Lipinski definition) is 5. The van der Waals surface area contributed by atoms with Crippen molar-refractivity contribution in [2.75, 3.05) is 18.4 Å². The predicted molar refractivity (Wildman–Crippen MR) is 69.5 cm³/mol. The van der Waals surface area contributed by atoms with Crippen LogP contribution in [-0.4, -0.2) is 45.4 Å². The van der Waals surface area contributed by atoms with E-state index in [1.165, 1.54) is 11.3 Å². The summed E-state index contributed by atoms with van der Waals surface area (Å²) in [5, 5.41) is 20.5. The van der Waals surface area contributed by atoms with E-state index < -0.39 is 0 Å². The van der Waals surface area contributed by atoms with Crippen molar-refractivity contribution in [3.63, 3.8) is 0 Å². The molecule has 7 heteroatoms. The number of carbonyl (C=O) groups is 1. The summed E-state index contributed by atoms with van der Waals surface area (Å²) < 4.78 is 0. The third-order valence-corrected chi connectivity index (χ3v) is 3.97. The molecule has 2 rings (SSSR count). The Kier molecular flexibility index (Phi) is 4.48. The topological polar surface area (TPSA) is 78.4 Å². The summed E-state index contributed by atoms with van der Waals surface area (Å²) in [6.45, 7) is 3.36. The Hall–Kier alpha value is -1.21. The van der Waals surface area contributed by atoms with Gasteiger partial charge in [-0.05, 0) is 25.2 Å². The molecule has 2 heterocycles. The number of aliphatic hydroxyl groups excluding tert-OH is 1. The number of nitrogens with zero attached hydrogens (tertiary/aromatic N) is 3. The first-order valence-electron chi connectivity index (χ1n) is 6.21. The highest BCUT2D eigenvalue weighted by Gasteiger charge is 2.26. The zero-order valence-corrected chi connectivity index (χ0v) is 11.2. The largest absolute Gasteiger partial charge is 0.393 e. The van der Waals surface area contributed by atoms with Gasteiger partial charge in [0.2, 0.25) is 5.13 Å². The molecule has 1 aliphatic rings. The maximum Gasteiger partial charge on any atom is 0.323 e. The number of piperidine rings is 1. The maximum absolute atomic E-state index is 11.9. The lowest BCUT2D eigenvalue weighted by atomic mass is 9.90. The van der Waals surface area contributed by atoms with E-state index in [0.717, 1.165) is 19.3 Å². The van der Waals surface area contributed by atoms with Crippen molar-refractivity contribution < 1.29 is 9.90 Å². The Morgan fingerprint density at radius 1 is 1.67 bits per heavy atom. The standard InChI is InChI=1S/C11H18N4O2S/c1-2-9(16)8-3-5-15(6-4-8)11(17)13-10-14-12-7-18-10/h7-9,16H,2-6H2,1H3,(H,13,14,17)/t9-/m0/s1. The van der Waals surface area contributed by atoms with Crippen LogP contribution in [0.3, 0.4) is 0 Å². The van der Waals surface area contributed by atoms with Crippen LogP contribution in [0.2, 0.25) is 0 Å². The summed E-state index contributed by atoms with van der Waals surface area (Å²) in [5.41, 5.74) is 1.58. The minimum atomic E-state index is -0.238. The average molecular weight is 270 g/mol. The van der Waals surface area contributed by atoms with E-state index in [0.29, 0.717) is 24.1 Å². The minimum absolute atomic E-state index is 0.129. The number of carbonyl (C=O) groups excluding carboxylic acids is 1. The van der Waals surface area contributed by atoms with Crippen LogP contribution in [0.5, 0.6) is 0 Å². The zero-order valence-electron chi connectivity index (χ0n) is 10.4. The van der Waals surface area contributed by atoms with Gasteiger partial charge < -0.3 is 10.0 Å². The molecule has 2 N–H and O–H groups in total. The third kappa shape index (κ3) is 3.17. The fourth-order valence-electron chi connectivity index (χ4n) is 2.22. The molecule has 1 saturated heterocycles. The molecule has 1 atom stereocenters. The lowest BCUT2D eigenvalue weighted by Crippen LogP contribution is -2.43. The molecule has 0 bridgehead atoms. The molecule has 1 aromatic heterocycles. The second kappa shape index (κ2) is 6.10. The van der Waals surface area contributed by atoms with E-state index in [2.05, 4.69) is 15.5 Å². The van der Waals surface area contributed by atoms with Crippen molar-refractivity contribution in [3.05, 3.63) is 5.51 Å². The van der Waals surface area contributed by atoms with Gasteiger partial charge in [0.25, 0.3) is 0 Å². The third-order valence-electron chi connectivity index (χ3n) is 3.36. The molecule has 0 unspecified atom stereocenters. The van der Waals surface area contributed by atoms with Gasteiger partial charge in [-0.3, -0.25) is 5.32 Å². The average Bonchev–Trinajstić information content (AvgIpc) is 2.91. The highest BCUT2D eigenvalue weighted by Crippen LogP contribution is 2.22. The molecule has 2 amide bonds. The number of likely N-dealkylation sites (tertiary alicyclic amines) is 1. The van der Waals surface area contributed by atoms with E-state index in [1.54, 1.807) is 10.4 Å². The van der Waals surface area contributed by atoms with Gasteiger partial charge >= 0.3 is 6.03 Å². The van der Waals surface area contributed by atoms with E-state index in [4.69, 9.17) is 0 Å². The number of aromatic nitrogens is 2. The summed E-state index contributed by atoms with van der Waals surface area (Å²) >= 11 is 1.30. The van der Waals surface area contributed by atoms with Crippen molar-refractivity contribution in [1.29, 1.82) is 0 Å². The summed E-state index contributed by atoms with van der Waals surface area (Å²) in [4.78, 5) is 13.7. The Bertz CT molecular complexity index is 376. The molecule has 18 heavy (non-hydrogen) atoms. The van der Waals surface area contributed by atoms with E-state index in [1.807, 2.05) is 6.92 Å². The van der Waals surface area contributed by atoms with Gasteiger partial charge in [0.1, 0.15) is 5.51 Å². The maximum atomic E-state index is 11.9. The molecule has 0 aromatic carbocycles. The van der Waals surface area contributed by atoms with Crippen LogP contribution >= 0.6 is 11.3 Å². The summed E-state index contributed by atoms with van der Waals surface area (Å²) in [6, 6.07) is -0.129. The molecule has 1 aromatic rings. The highest BCUT2D eigenvalue weighted by atomic mass is 32.1. The summed E-state index contributed by atoms with van der Waals surface area (Å²) in [5.74, 6) is 0.320. The molecule has 1 fully saturated rings. The Balaban J connectivity index is 1.80. The number of anilines is 1. The van der Waals surface area contributed by atoms with E-state index in [9.17, 15) is 9.90 Å². The van der Waals surface area contributed by atoms with Gasteiger partial charge in [-0.2, -0.15) is 0 Å². The monoisotopic (exact) mass is 270 g/mol. The Morgan fingerprint density at radius 2 is 2.39 bits per heavy atom. The molecule has 100 valence electrons. The number of aliphatic hydroxyl groups is 1. The molecule has 0 aliphatic carbocycles. The molecular formula is C11H18N4O2S. The van der Waals surface area contributed by atoms with Crippen LogP contribution in [0.4, 0.5) is 9.93 Å². The number of urea groups is 1. The number of hydrogen-bond donors (Lipinski definition) is 2. The number of rotatable bonds is 3. The lowest BCUT2D eigenvalue weighted by molar-refractivity contribution is 0.0660. The van der Waals surface area contributed by atoms with Crippen molar-refractivity contribution in [2.45, 2.75) is 32.3 Å². The second-order valence-electron chi connectivity index (χ2n) is 4.47. The van der Waals surface area contributed by atoms with Gasteiger partial charge in [0, 0.05) is 13.1 Å². The first-order valence-corrected chi connectivity index (χ1v) is 7.08. The van der Waals surface area contributed by atoms with Crippen molar-refractivity contribution >= 4 is 22.5 Å². The minimum Gasteiger partial charge on any atom is -0.393 e. The van der Waals surface area contributed by atoms with Crippen LogP contribution < -0.4 is 5.32 Å². The fraction of sp³-hybridized carbons (Fsp3) is 0.727. The van der Waals surface area contributed by atoms with Crippen molar-refractivity contribution in [2.24, 2.45) is 5.92 Å². The summed E-state index contributed by atoms with van der Waals surface area (Å²) in [6.07, 6.45) is 2.26. The van der Waals surface area contributed by atoms with Gasteiger partial charge in [-0.25, -0.2) is 4.79 Å². The molecule has 0 spiro atoms. The molecule has 0 saturated carbocycles. The quantitative estimate of drug-likeness (QED) is 0.873. The van der Waals surface area contributed by atoms with Crippen molar-refractivity contribution in [1.82, 2.24) is 15.1 Å². The van der Waals surface area contributed by atoms with Gasteiger partial charge in [-0.15, -0.1) is 10.2 Å². The molecule has 6 nitrogen and oxygen atoms in total. The smallest absolute Gasteiger partial charge is 0.323 e. The van der Waals surface area contributed by atoms with Gasteiger partial charge in [0.15, 0.2) is 0 Å². The molecular weight excluding hydrogens is 252 g/mol. The van der Waals surface area contributed by atoms with E-state index in [-0.39, 0.29) is 12.1 Å². The van der Waals surface area contributed by atoms with Crippen LogP contribution in [-0.2, 0) is 0 Å². The van der Waals surface area contributed by atoms with Gasteiger partial charge in [-0.1, -0.05) is 18.3 Å². The number of nitrogens with one attached hydrogen (secondary N) is 1. The lowest BCUT2D eigenvalue weighted by Gasteiger charge is -2.33. The highest BCUT2D eigenvalue weighted by molar-refractivity contribution is 7.13. The first kappa shape index (κ1) is 13.2. The normalized spacial score (nSPS) is 18.7. The van der Waals surface area contributed by atoms with E-state index >= 15 is 0 Å².